The lowest BCUT2D eigenvalue weighted by atomic mass is 10.1. The Morgan fingerprint density at radius 2 is 1.95 bits per heavy atom. The summed E-state index contributed by atoms with van der Waals surface area (Å²) in [4.78, 5) is 24.6. The minimum absolute atomic E-state index is 0.0424. The summed E-state index contributed by atoms with van der Waals surface area (Å²) in [7, 11) is 0. The van der Waals surface area contributed by atoms with E-state index in [0.29, 0.717) is 12.2 Å². The molecule has 0 aliphatic heterocycles. The van der Waals surface area contributed by atoms with Crippen molar-refractivity contribution in [2.24, 2.45) is 5.92 Å². The van der Waals surface area contributed by atoms with Crippen LogP contribution in [0.25, 0.3) is 11.3 Å². The second-order valence-corrected chi connectivity index (χ2v) is 5.42. The monoisotopic (exact) mass is 302 g/mol. The van der Waals surface area contributed by atoms with Gasteiger partial charge in [0.15, 0.2) is 0 Å². The number of carboxylic acid groups (broad SMARTS) is 1. The Morgan fingerprint density at radius 1 is 1.27 bits per heavy atom. The van der Waals surface area contributed by atoms with Gasteiger partial charge in [0.25, 0.3) is 5.91 Å². The number of aromatic nitrogens is 1. The molecule has 116 valence electrons. The molecule has 2 aromatic rings. The molecule has 0 unspecified atom stereocenters. The molecule has 22 heavy (non-hydrogen) atoms. The molecular weight excluding hydrogens is 284 g/mol. The number of benzene rings is 1. The Hall–Kier alpha value is -2.63. The molecule has 6 heteroatoms. The highest BCUT2D eigenvalue weighted by Gasteiger charge is 2.23. The molecule has 6 nitrogen and oxygen atoms in total. The summed E-state index contributed by atoms with van der Waals surface area (Å²) in [5, 5.41) is 12.8. The van der Waals surface area contributed by atoms with E-state index in [1.54, 1.807) is 0 Å². The molecule has 1 N–H and O–H groups in total. The average molecular weight is 302 g/mol. The van der Waals surface area contributed by atoms with E-state index in [1.165, 1.54) is 11.0 Å². The number of hydrogen-bond acceptors (Lipinski definition) is 4. The fourth-order valence-electron chi connectivity index (χ4n) is 2.10. The SMILES string of the molecule is CC(C)CN(CC(=O)O)C(=O)c1cc(-c2ccccc2)no1. The van der Waals surface area contributed by atoms with Gasteiger partial charge in [-0.25, -0.2) is 0 Å². The van der Waals surface area contributed by atoms with Crippen molar-refractivity contribution >= 4 is 11.9 Å². The predicted molar refractivity (Wildman–Crippen MR) is 80.3 cm³/mol. The number of carbonyl (C=O) groups excluding carboxylic acids is 1. The van der Waals surface area contributed by atoms with Gasteiger partial charge < -0.3 is 14.5 Å². The Kier molecular flexibility index (Phi) is 4.93. The lowest BCUT2D eigenvalue weighted by Crippen LogP contribution is -2.38. The van der Waals surface area contributed by atoms with Gasteiger partial charge >= 0.3 is 5.97 Å². The Balaban J connectivity index is 2.20. The molecule has 0 bridgehead atoms. The van der Waals surface area contributed by atoms with E-state index >= 15 is 0 Å². The van der Waals surface area contributed by atoms with Gasteiger partial charge in [-0.05, 0) is 5.92 Å². The molecule has 0 saturated heterocycles. The first-order valence-electron chi connectivity index (χ1n) is 7.00. The molecule has 1 amide bonds. The van der Waals surface area contributed by atoms with E-state index in [0.717, 1.165) is 5.56 Å². The number of nitrogens with zero attached hydrogens (tertiary/aromatic N) is 2. The van der Waals surface area contributed by atoms with Crippen LogP contribution in [-0.4, -0.2) is 40.1 Å². The fraction of sp³-hybridized carbons (Fsp3) is 0.312. The standard InChI is InChI=1S/C16H18N2O4/c1-11(2)9-18(10-15(19)20)16(21)14-8-13(17-22-14)12-6-4-3-5-7-12/h3-8,11H,9-10H2,1-2H3,(H,19,20). The third-order valence-electron chi connectivity index (χ3n) is 2.99. The van der Waals surface area contributed by atoms with Crippen molar-refractivity contribution in [3.8, 4) is 11.3 Å². The van der Waals surface area contributed by atoms with Crippen molar-refractivity contribution in [1.82, 2.24) is 10.1 Å². The number of amides is 1. The molecule has 0 saturated carbocycles. The van der Waals surface area contributed by atoms with E-state index in [9.17, 15) is 9.59 Å². The number of hydrogen-bond donors (Lipinski definition) is 1. The summed E-state index contributed by atoms with van der Waals surface area (Å²) in [6.45, 7) is 3.81. The summed E-state index contributed by atoms with van der Waals surface area (Å²) in [5.74, 6) is -1.33. The van der Waals surface area contributed by atoms with E-state index in [2.05, 4.69) is 5.16 Å². The highest BCUT2D eigenvalue weighted by molar-refractivity contribution is 5.94. The van der Waals surface area contributed by atoms with Crippen LogP contribution in [0, 0.1) is 5.92 Å². The van der Waals surface area contributed by atoms with Crippen LogP contribution in [-0.2, 0) is 4.79 Å². The zero-order valence-electron chi connectivity index (χ0n) is 12.5. The fourth-order valence-corrected chi connectivity index (χ4v) is 2.10. The van der Waals surface area contributed by atoms with Gasteiger partial charge in [-0.15, -0.1) is 0 Å². The van der Waals surface area contributed by atoms with Crippen LogP contribution in [0.5, 0.6) is 0 Å². The van der Waals surface area contributed by atoms with Crippen molar-refractivity contribution < 1.29 is 19.2 Å². The molecule has 1 aromatic carbocycles. The maximum Gasteiger partial charge on any atom is 0.323 e. The van der Waals surface area contributed by atoms with Crippen LogP contribution in [0.3, 0.4) is 0 Å². The van der Waals surface area contributed by atoms with E-state index in [1.807, 2.05) is 44.2 Å². The number of carbonyl (C=O) groups is 2. The maximum atomic E-state index is 12.4. The van der Waals surface area contributed by atoms with Crippen molar-refractivity contribution in [3.05, 3.63) is 42.2 Å². The third kappa shape index (κ3) is 3.94. The normalized spacial score (nSPS) is 10.7. The molecule has 0 spiro atoms. The van der Waals surface area contributed by atoms with Gasteiger partial charge in [0, 0.05) is 18.2 Å². The highest BCUT2D eigenvalue weighted by atomic mass is 16.5. The highest BCUT2D eigenvalue weighted by Crippen LogP contribution is 2.19. The Bertz CT molecular complexity index is 649. The molecular formula is C16H18N2O4. The molecule has 2 rings (SSSR count). The number of aliphatic carboxylic acids is 1. The lowest BCUT2D eigenvalue weighted by Gasteiger charge is -2.21. The molecule has 0 atom stereocenters. The van der Waals surface area contributed by atoms with Crippen molar-refractivity contribution in [2.45, 2.75) is 13.8 Å². The Morgan fingerprint density at radius 3 is 2.55 bits per heavy atom. The third-order valence-corrected chi connectivity index (χ3v) is 2.99. The van der Waals surface area contributed by atoms with Gasteiger partial charge in [0.2, 0.25) is 5.76 Å². The lowest BCUT2D eigenvalue weighted by molar-refractivity contribution is -0.137. The van der Waals surface area contributed by atoms with Crippen LogP contribution in [0.1, 0.15) is 24.4 Å². The average Bonchev–Trinajstić information content (AvgIpc) is 2.95. The summed E-state index contributed by atoms with van der Waals surface area (Å²) < 4.78 is 5.09. The van der Waals surface area contributed by atoms with Gasteiger partial charge in [-0.3, -0.25) is 9.59 Å². The minimum Gasteiger partial charge on any atom is -0.480 e. The van der Waals surface area contributed by atoms with Gasteiger partial charge in [0.1, 0.15) is 12.2 Å². The van der Waals surface area contributed by atoms with Crippen LogP contribution >= 0.6 is 0 Å². The van der Waals surface area contributed by atoms with Crippen molar-refractivity contribution in [3.63, 3.8) is 0 Å². The van der Waals surface area contributed by atoms with Gasteiger partial charge in [-0.2, -0.15) is 0 Å². The Labute approximate surface area is 128 Å². The van der Waals surface area contributed by atoms with Crippen LogP contribution < -0.4 is 0 Å². The smallest absolute Gasteiger partial charge is 0.323 e. The number of rotatable bonds is 6. The first-order valence-corrected chi connectivity index (χ1v) is 7.00. The van der Waals surface area contributed by atoms with Gasteiger partial charge in [0.05, 0.1) is 0 Å². The predicted octanol–water partition coefficient (Wildman–Crippen LogP) is 2.52. The van der Waals surface area contributed by atoms with Crippen LogP contribution in [0.4, 0.5) is 0 Å². The van der Waals surface area contributed by atoms with E-state index < -0.39 is 11.9 Å². The quantitative estimate of drug-likeness (QED) is 0.886. The zero-order chi connectivity index (χ0) is 16.1. The van der Waals surface area contributed by atoms with Crippen LogP contribution in [0.15, 0.2) is 40.9 Å². The first-order chi connectivity index (χ1) is 10.5. The van der Waals surface area contributed by atoms with E-state index in [4.69, 9.17) is 9.63 Å². The second kappa shape index (κ2) is 6.89. The zero-order valence-corrected chi connectivity index (χ0v) is 12.5. The summed E-state index contributed by atoms with van der Waals surface area (Å²) in [5.41, 5.74) is 1.38. The van der Waals surface area contributed by atoms with Crippen LogP contribution in [0.2, 0.25) is 0 Å². The molecule has 0 aliphatic rings. The van der Waals surface area contributed by atoms with E-state index in [-0.39, 0.29) is 18.2 Å². The summed E-state index contributed by atoms with van der Waals surface area (Å²) in [6.07, 6.45) is 0. The van der Waals surface area contributed by atoms with Gasteiger partial charge in [-0.1, -0.05) is 49.3 Å². The van der Waals surface area contributed by atoms with Crippen molar-refractivity contribution in [1.29, 1.82) is 0 Å². The van der Waals surface area contributed by atoms with Crippen molar-refractivity contribution in [2.75, 3.05) is 13.1 Å². The molecule has 1 aromatic heterocycles. The molecule has 0 radical (unpaired) electrons. The number of carboxylic acids is 1. The molecule has 0 aliphatic carbocycles. The first kappa shape index (κ1) is 15.8. The topological polar surface area (TPSA) is 83.6 Å². The maximum absolute atomic E-state index is 12.4. The largest absolute Gasteiger partial charge is 0.480 e. The second-order valence-electron chi connectivity index (χ2n) is 5.42. The molecule has 0 fully saturated rings. The minimum atomic E-state index is -1.06. The summed E-state index contributed by atoms with van der Waals surface area (Å²) >= 11 is 0. The molecule has 1 heterocycles. The summed E-state index contributed by atoms with van der Waals surface area (Å²) in [6, 6.07) is 10.9.